The van der Waals surface area contributed by atoms with Crippen LogP contribution in [0.2, 0.25) is 0 Å². The van der Waals surface area contributed by atoms with Crippen LogP contribution in [0.5, 0.6) is 11.5 Å². The van der Waals surface area contributed by atoms with E-state index in [2.05, 4.69) is 10.3 Å². The summed E-state index contributed by atoms with van der Waals surface area (Å²) in [5.74, 6) is -0.626. The number of rotatable bonds is 4. The zero-order chi connectivity index (χ0) is 18.1. The van der Waals surface area contributed by atoms with Crippen molar-refractivity contribution < 1.29 is 15.0 Å². The Hall–Kier alpha value is -2.87. The van der Waals surface area contributed by atoms with Crippen molar-refractivity contribution in [3.05, 3.63) is 50.9 Å². The van der Waals surface area contributed by atoms with Gasteiger partial charge in [-0.25, -0.2) is 4.98 Å². The minimum Gasteiger partial charge on any atom is -0.504 e. The molecular weight excluding hydrogens is 342 g/mol. The van der Waals surface area contributed by atoms with Crippen LogP contribution in [0.15, 0.2) is 29.3 Å². The summed E-state index contributed by atoms with van der Waals surface area (Å²) in [4.78, 5) is 29.8. The first-order chi connectivity index (χ1) is 11.9. The fourth-order valence-corrected chi connectivity index (χ4v) is 3.61. The SMILES string of the molecule is Cc1c(C(=O)NCCc2ccc(O)c(O)c2)sc2ncn(C)c(=O)c12. The Balaban J connectivity index is 1.74. The van der Waals surface area contributed by atoms with Gasteiger partial charge in [0.25, 0.3) is 11.5 Å². The maximum Gasteiger partial charge on any atom is 0.262 e. The van der Waals surface area contributed by atoms with Gasteiger partial charge in [0, 0.05) is 13.6 Å². The molecule has 0 unspecified atom stereocenters. The summed E-state index contributed by atoms with van der Waals surface area (Å²) in [6.07, 6.45) is 1.95. The number of fused-ring (bicyclic) bond motifs is 1. The number of aromatic nitrogens is 2. The van der Waals surface area contributed by atoms with E-state index < -0.39 is 0 Å². The zero-order valence-corrected chi connectivity index (χ0v) is 14.6. The van der Waals surface area contributed by atoms with E-state index in [1.165, 1.54) is 34.4 Å². The minimum absolute atomic E-state index is 0.169. The number of amides is 1. The molecule has 0 saturated carbocycles. The van der Waals surface area contributed by atoms with Gasteiger partial charge in [-0.2, -0.15) is 0 Å². The molecule has 3 N–H and O–H groups in total. The number of phenolic OH excluding ortho intramolecular Hbond substituents is 2. The van der Waals surface area contributed by atoms with Gasteiger partial charge in [0.05, 0.1) is 16.6 Å². The van der Waals surface area contributed by atoms with Gasteiger partial charge in [-0.3, -0.25) is 9.59 Å². The summed E-state index contributed by atoms with van der Waals surface area (Å²) in [6, 6.07) is 4.55. The van der Waals surface area contributed by atoms with Crippen LogP contribution in [0.3, 0.4) is 0 Å². The molecular formula is C17H17N3O4S. The molecule has 7 nitrogen and oxygen atoms in total. The highest BCUT2D eigenvalue weighted by Crippen LogP contribution is 2.27. The van der Waals surface area contributed by atoms with E-state index in [9.17, 15) is 19.8 Å². The largest absolute Gasteiger partial charge is 0.504 e. The molecule has 0 aliphatic heterocycles. The number of carbonyl (C=O) groups excluding carboxylic acids is 1. The molecule has 0 atom stereocenters. The molecule has 1 aromatic carbocycles. The maximum atomic E-state index is 12.4. The summed E-state index contributed by atoms with van der Waals surface area (Å²) in [5.41, 5.74) is 1.25. The van der Waals surface area contributed by atoms with Crippen molar-refractivity contribution in [1.29, 1.82) is 0 Å². The van der Waals surface area contributed by atoms with Gasteiger partial charge in [-0.05, 0) is 36.6 Å². The number of hydrogen-bond acceptors (Lipinski definition) is 6. The van der Waals surface area contributed by atoms with Gasteiger partial charge >= 0.3 is 0 Å². The molecule has 130 valence electrons. The van der Waals surface area contributed by atoms with E-state index in [0.29, 0.717) is 33.6 Å². The molecule has 0 aliphatic carbocycles. The quantitative estimate of drug-likeness (QED) is 0.615. The first-order valence-electron chi connectivity index (χ1n) is 7.62. The summed E-state index contributed by atoms with van der Waals surface area (Å²) in [6.45, 7) is 2.11. The number of nitrogens with one attached hydrogen (secondary N) is 1. The molecule has 8 heteroatoms. The lowest BCUT2D eigenvalue weighted by molar-refractivity contribution is 0.0957. The fourth-order valence-electron chi connectivity index (χ4n) is 2.55. The van der Waals surface area contributed by atoms with Crippen LogP contribution in [-0.2, 0) is 13.5 Å². The monoisotopic (exact) mass is 359 g/mol. The van der Waals surface area contributed by atoms with Crippen LogP contribution in [0.25, 0.3) is 10.2 Å². The van der Waals surface area contributed by atoms with Crippen molar-refractivity contribution in [2.75, 3.05) is 6.54 Å². The smallest absolute Gasteiger partial charge is 0.262 e. The van der Waals surface area contributed by atoms with Crippen LogP contribution in [0.4, 0.5) is 0 Å². The Bertz CT molecular complexity index is 1020. The van der Waals surface area contributed by atoms with Crippen LogP contribution >= 0.6 is 11.3 Å². The highest BCUT2D eigenvalue weighted by molar-refractivity contribution is 7.20. The van der Waals surface area contributed by atoms with E-state index in [1.54, 1.807) is 20.0 Å². The average molecular weight is 359 g/mol. The van der Waals surface area contributed by atoms with Crippen molar-refractivity contribution in [2.24, 2.45) is 7.05 Å². The van der Waals surface area contributed by atoms with Crippen molar-refractivity contribution in [1.82, 2.24) is 14.9 Å². The topological polar surface area (TPSA) is 104 Å². The molecule has 2 aromatic heterocycles. The molecule has 2 heterocycles. The molecule has 25 heavy (non-hydrogen) atoms. The number of phenols is 2. The Morgan fingerprint density at radius 2 is 2.08 bits per heavy atom. The van der Waals surface area contributed by atoms with Crippen molar-refractivity contribution in [3.63, 3.8) is 0 Å². The first-order valence-corrected chi connectivity index (χ1v) is 8.44. The van der Waals surface area contributed by atoms with E-state index >= 15 is 0 Å². The lowest BCUT2D eigenvalue weighted by Gasteiger charge is -2.06. The molecule has 0 spiro atoms. The predicted molar refractivity (Wildman–Crippen MR) is 95.4 cm³/mol. The van der Waals surface area contributed by atoms with E-state index in [4.69, 9.17) is 0 Å². The average Bonchev–Trinajstić information content (AvgIpc) is 2.92. The zero-order valence-electron chi connectivity index (χ0n) is 13.7. The van der Waals surface area contributed by atoms with E-state index in [1.807, 2.05) is 0 Å². The molecule has 0 fully saturated rings. The van der Waals surface area contributed by atoms with E-state index in [-0.39, 0.29) is 23.0 Å². The molecule has 0 aliphatic rings. The Morgan fingerprint density at radius 3 is 2.80 bits per heavy atom. The number of hydrogen-bond donors (Lipinski definition) is 3. The van der Waals surface area contributed by atoms with Gasteiger partial charge in [0.1, 0.15) is 4.83 Å². The molecule has 3 aromatic rings. The second kappa shape index (κ2) is 6.56. The molecule has 0 saturated heterocycles. The van der Waals surface area contributed by atoms with Crippen LogP contribution in [0.1, 0.15) is 20.8 Å². The molecule has 0 bridgehead atoms. The fraction of sp³-hybridized carbons (Fsp3) is 0.235. The standard InChI is InChI=1S/C17H17N3O4S/c1-9-13-16(19-8-20(2)17(13)24)25-14(9)15(23)18-6-5-10-3-4-11(21)12(22)7-10/h3-4,7-8,21-22H,5-6H2,1-2H3,(H,18,23). The molecule has 1 amide bonds. The van der Waals surface area contributed by atoms with Crippen LogP contribution in [-0.4, -0.2) is 32.2 Å². The van der Waals surface area contributed by atoms with Crippen molar-refractivity contribution in [2.45, 2.75) is 13.3 Å². The number of aryl methyl sites for hydroxylation is 2. The Kier molecular flexibility index (Phi) is 4.45. The number of thiophene rings is 1. The third-order valence-electron chi connectivity index (χ3n) is 3.96. The lowest BCUT2D eigenvalue weighted by atomic mass is 10.1. The third kappa shape index (κ3) is 3.20. The predicted octanol–water partition coefficient (Wildman–Crippen LogP) is 1.69. The van der Waals surface area contributed by atoms with Gasteiger partial charge in [0.15, 0.2) is 11.5 Å². The molecule has 3 rings (SSSR count). The van der Waals surface area contributed by atoms with Crippen molar-refractivity contribution >= 4 is 27.5 Å². The third-order valence-corrected chi connectivity index (χ3v) is 5.15. The summed E-state index contributed by atoms with van der Waals surface area (Å²) >= 11 is 1.20. The first kappa shape index (κ1) is 17.0. The van der Waals surface area contributed by atoms with E-state index in [0.717, 1.165) is 5.56 Å². The van der Waals surface area contributed by atoms with Gasteiger partial charge < -0.3 is 20.1 Å². The normalized spacial score (nSPS) is 11.0. The second-order valence-corrected chi connectivity index (χ2v) is 6.73. The number of nitrogens with zero attached hydrogens (tertiary/aromatic N) is 2. The number of aromatic hydroxyl groups is 2. The van der Waals surface area contributed by atoms with Crippen molar-refractivity contribution in [3.8, 4) is 11.5 Å². The molecule has 0 radical (unpaired) electrons. The minimum atomic E-state index is -0.259. The number of benzene rings is 1. The summed E-state index contributed by atoms with van der Waals surface area (Å²) < 4.78 is 1.39. The Morgan fingerprint density at radius 1 is 1.32 bits per heavy atom. The lowest BCUT2D eigenvalue weighted by Crippen LogP contribution is -2.25. The highest BCUT2D eigenvalue weighted by atomic mass is 32.1. The highest BCUT2D eigenvalue weighted by Gasteiger charge is 2.18. The van der Waals surface area contributed by atoms with Gasteiger partial charge in [-0.1, -0.05) is 6.07 Å². The van der Waals surface area contributed by atoms with Crippen LogP contribution < -0.4 is 10.9 Å². The second-order valence-electron chi connectivity index (χ2n) is 5.73. The summed E-state index contributed by atoms with van der Waals surface area (Å²) in [5, 5.41) is 22.1. The maximum absolute atomic E-state index is 12.4. The van der Waals surface area contributed by atoms with Gasteiger partial charge in [-0.15, -0.1) is 11.3 Å². The van der Waals surface area contributed by atoms with Crippen LogP contribution in [0, 0.1) is 6.92 Å². The Labute approximate surface area is 147 Å². The summed E-state index contributed by atoms with van der Waals surface area (Å²) in [7, 11) is 1.62. The van der Waals surface area contributed by atoms with Gasteiger partial charge in [0.2, 0.25) is 0 Å². The number of carbonyl (C=O) groups is 1.